The van der Waals surface area contributed by atoms with Crippen LogP contribution in [0.25, 0.3) is 0 Å². The fourth-order valence-electron chi connectivity index (χ4n) is 0.566. The monoisotopic (exact) mass is 170 g/mol. The molecule has 11 heavy (non-hydrogen) atoms. The van der Waals surface area contributed by atoms with E-state index in [1.165, 1.54) is 11.8 Å². The van der Waals surface area contributed by atoms with Crippen molar-refractivity contribution in [3.63, 3.8) is 0 Å². The van der Waals surface area contributed by atoms with Crippen molar-refractivity contribution in [3.8, 4) is 0 Å². The van der Waals surface area contributed by atoms with Crippen LogP contribution in [0.5, 0.6) is 0 Å². The zero-order chi connectivity index (χ0) is 8.10. The second kappa shape index (κ2) is 4.31. The van der Waals surface area contributed by atoms with Gasteiger partial charge in [0.1, 0.15) is 5.03 Å². The number of thioether (sulfide) groups is 1. The van der Waals surface area contributed by atoms with Gasteiger partial charge < -0.3 is 5.11 Å². The minimum absolute atomic E-state index is 0.290. The molecule has 0 aromatic carbocycles. The molecule has 0 radical (unpaired) electrons. The van der Waals surface area contributed by atoms with Crippen molar-refractivity contribution in [3.05, 3.63) is 18.6 Å². The summed E-state index contributed by atoms with van der Waals surface area (Å²) in [6.07, 6.45) is 4.67. The molecule has 1 heterocycles. The second-order valence-electron chi connectivity index (χ2n) is 2.20. The summed E-state index contributed by atoms with van der Waals surface area (Å²) in [4.78, 5) is 7.94. The van der Waals surface area contributed by atoms with E-state index < -0.39 is 0 Å². The van der Waals surface area contributed by atoms with Gasteiger partial charge in [0.25, 0.3) is 0 Å². The van der Waals surface area contributed by atoms with Crippen LogP contribution < -0.4 is 0 Å². The molecule has 0 saturated carbocycles. The predicted molar refractivity (Wildman–Crippen MR) is 44.4 cm³/mol. The smallest absolute Gasteiger partial charge is 0.114 e. The molecule has 1 atom stereocenters. The molecule has 3 nitrogen and oxygen atoms in total. The highest BCUT2D eigenvalue weighted by molar-refractivity contribution is 7.99. The Morgan fingerprint density at radius 3 is 3.00 bits per heavy atom. The van der Waals surface area contributed by atoms with Gasteiger partial charge in [-0.3, -0.25) is 4.98 Å². The zero-order valence-electron chi connectivity index (χ0n) is 6.27. The first kappa shape index (κ1) is 8.49. The highest BCUT2D eigenvalue weighted by Gasteiger charge is 1.97. The van der Waals surface area contributed by atoms with Gasteiger partial charge in [0.15, 0.2) is 0 Å². The summed E-state index contributed by atoms with van der Waals surface area (Å²) in [5.41, 5.74) is 0. The Bertz CT molecular complexity index is 203. The molecule has 4 heteroatoms. The van der Waals surface area contributed by atoms with Gasteiger partial charge in [0, 0.05) is 18.1 Å². The number of rotatable bonds is 3. The van der Waals surface area contributed by atoms with Crippen LogP contribution in [0.2, 0.25) is 0 Å². The Labute approximate surface area is 69.9 Å². The molecule has 0 spiro atoms. The van der Waals surface area contributed by atoms with Crippen molar-refractivity contribution in [1.82, 2.24) is 9.97 Å². The van der Waals surface area contributed by atoms with Crippen LogP contribution in [-0.2, 0) is 0 Å². The average molecular weight is 170 g/mol. The maximum atomic E-state index is 8.94. The topological polar surface area (TPSA) is 46.0 Å². The van der Waals surface area contributed by atoms with Crippen molar-refractivity contribution in [1.29, 1.82) is 0 Å². The molecule has 0 aliphatic rings. The lowest BCUT2D eigenvalue weighted by Crippen LogP contribution is -2.02. The Balaban J connectivity index is 2.39. The van der Waals surface area contributed by atoms with Crippen LogP contribution in [0.3, 0.4) is 0 Å². The summed E-state index contributed by atoms with van der Waals surface area (Å²) in [7, 11) is 0. The van der Waals surface area contributed by atoms with Gasteiger partial charge in [-0.1, -0.05) is 0 Å². The van der Waals surface area contributed by atoms with Gasteiger partial charge in [-0.2, -0.15) is 0 Å². The SMILES string of the molecule is C[C@@H](O)CSc1cnccn1. The van der Waals surface area contributed by atoms with Crippen LogP contribution in [0.1, 0.15) is 6.92 Å². The van der Waals surface area contributed by atoms with Crippen LogP contribution in [-0.4, -0.2) is 26.9 Å². The summed E-state index contributed by atoms with van der Waals surface area (Å²) in [5, 5.41) is 9.80. The third kappa shape index (κ3) is 3.34. The minimum atomic E-state index is -0.290. The molecule has 0 bridgehead atoms. The van der Waals surface area contributed by atoms with Crippen molar-refractivity contribution in [2.45, 2.75) is 18.1 Å². The molecule has 0 fully saturated rings. The van der Waals surface area contributed by atoms with Crippen molar-refractivity contribution in [2.75, 3.05) is 5.75 Å². The predicted octanol–water partition coefficient (Wildman–Crippen LogP) is 0.950. The Morgan fingerprint density at radius 1 is 1.64 bits per heavy atom. The van der Waals surface area contributed by atoms with Crippen molar-refractivity contribution in [2.24, 2.45) is 0 Å². The molecule has 0 aliphatic carbocycles. The maximum Gasteiger partial charge on any atom is 0.114 e. The molecule has 0 saturated heterocycles. The third-order valence-electron chi connectivity index (χ3n) is 1.01. The first-order valence-electron chi connectivity index (χ1n) is 3.36. The summed E-state index contributed by atoms with van der Waals surface area (Å²) in [6, 6.07) is 0. The van der Waals surface area contributed by atoms with E-state index >= 15 is 0 Å². The van der Waals surface area contributed by atoms with E-state index in [1.54, 1.807) is 25.5 Å². The molecular formula is C7H10N2OS. The number of hydrogen-bond acceptors (Lipinski definition) is 4. The summed E-state index contributed by atoms with van der Waals surface area (Å²) < 4.78 is 0. The number of aliphatic hydroxyl groups excluding tert-OH is 1. The Morgan fingerprint density at radius 2 is 2.45 bits per heavy atom. The molecular weight excluding hydrogens is 160 g/mol. The van der Waals surface area contributed by atoms with E-state index in [0.29, 0.717) is 5.75 Å². The Kier molecular flexibility index (Phi) is 3.32. The van der Waals surface area contributed by atoms with Gasteiger partial charge in [-0.05, 0) is 6.92 Å². The minimum Gasteiger partial charge on any atom is -0.393 e. The van der Waals surface area contributed by atoms with E-state index in [1.807, 2.05) is 0 Å². The molecule has 1 aromatic heterocycles. The van der Waals surface area contributed by atoms with E-state index in [-0.39, 0.29) is 6.10 Å². The standard InChI is InChI=1S/C7H10N2OS/c1-6(10)5-11-7-4-8-2-3-9-7/h2-4,6,10H,5H2,1H3/t6-/m1/s1. The van der Waals surface area contributed by atoms with Gasteiger partial charge >= 0.3 is 0 Å². The van der Waals surface area contributed by atoms with Gasteiger partial charge in [0.05, 0.1) is 12.3 Å². The fraction of sp³-hybridized carbons (Fsp3) is 0.429. The van der Waals surface area contributed by atoms with E-state index in [9.17, 15) is 0 Å². The number of aromatic nitrogens is 2. The lowest BCUT2D eigenvalue weighted by molar-refractivity contribution is 0.220. The largest absolute Gasteiger partial charge is 0.393 e. The van der Waals surface area contributed by atoms with E-state index in [0.717, 1.165) is 5.03 Å². The quantitative estimate of drug-likeness (QED) is 0.686. The number of nitrogens with zero attached hydrogens (tertiary/aromatic N) is 2. The van der Waals surface area contributed by atoms with Gasteiger partial charge in [-0.25, -0.2) is 4.98 Å². The summed E-state index contributed by atoms with van der Waals surface area (Å²) in [6.45, 7) is 1.75. The normalized spacial score (nSPS) is 12.9. The highest BCUT2D eigenvalue weighted by Crippen LogP contribution is 2.13. The van der Waals surface area contributed by atoms with E-state index in [2.05, 4.69) is 9.97 Å². The summed E-state index contributed by atoms with van der Waals surface area (Å²) in [5.74, 6) is 0.665. The Hall–Kier alpha value is -0.610. The molecule has 1 aromatic rings. The molecule has 0 aliphatic heterocycles. The first-order chi connectivity index (χ1) is 5.29. The first-order valence-corrected chi connectivity index (χ1v) is 4.34. The molecule has 1 rings (SSSR count). The van der Waals surface area contributed by atoms with Crippen LogP contribution in [0, 0.1) is 0 Å². The maximum absolute atomic E-state index is 8.94. The van der Waals surface area contributed by atoms with Crippen LogP contribution >= 0.6 is 11.8 Å². The molecule has 0 unspecified atom stereocenters. The lowest BCUT2D eigenvalue weighted by atomic mass is 10.5. The molecule has 0 amide bonds. The van der Waals surface area contributed by atoms with Gasteiger partial charge in [-0.15, -0.1) is 11.8 Å². The molecule has 1 N–H and O–H groups in total. The molecule has 60 valence electrons. The van der Waals surface area contributed by atoms with Crippen molar-refractivity contribution >= 4 is 11.8 Å². The van der Waals surface area contributed by atoms with Gasteiger partial charge in [0.2, 0.25) is 0 Å². The average Bonchev–Trinajstić information content (AvgIpc) is 2.03. The second-order valence-corrected chi connectivity index (χ2v) is 3.24. The van der Waals surface area contributed by atoms with Crippen molar-refractivity contribution < 1.29 is 5.11 Å². The lowest BCUT2D eigenvalue weighted by Gasteiger charge is -2.01. The highest BCUT2D eigenvalue weighted by atomic mass is 32.2. The van der Waals surface area contributed by atoms with E-state index in [4.69, 9.17) is 5.11 Å². The fourth-order valence-corrected chi connectivity index (χ4v) is 1.25. The zero-order valence-corrected chi connectivity index (χ0v) is 7.08. The van der Waals surface area contributed by atoms with Crippen LogP contribution in [0.4, 0.5) is 0 Å². The third-order valence-corrected chi connectivity index (χ3v) is 2.17. The summed E-state index contributed by atoms with van der Waals surface area (Å²) >= 11 is 1.50. The van der Waals surface area contributed by atoms with Crippen LogP contribution in [0.15, 0.2) is 23.6 Å². The number of aliphatic hydroxyl groups is 1. The number of hydrogen-bond donors (Lipinski definition) is 1.